The van der Waals surface area contributed by atoms with Crippen LogP contribution in [0.3, 0.4) is 0 Å². The normalized spacial score (nSPS) is 11.6. The molecule has 1 N–H and O–H groups in total. The molecule has 8 nitrogen and oxygen atoms in total. The van der Waals surface area contributed by atoms with Crippen LogP contribution in [0.5, 0.6) is 5.88 Å². The van der Waals surface area contributed by atoms with Gasteiger partial charge < -0.3 is 19.3 Å². The van der Waals surface area contributed by atoms with Crippen molar-refractivity contribution in [2.45, 2.75) is 26.9 Å². The molecule has 2 rings (SSSR count). The Labute approximate surface area is 132 Å². The number of carbonyl (C=O) groups is 2. The summed E-state index contributed by atoms with van der Waals surface area (Å²) in [7, 11) is 0. The Balaban J connectivity index is 2.00. The van der Waals surface area contributed by atoms with E-state index in [1.807, 2.05) is 0 Å². The zero-order chi connectivity index (χ0) is 16.8. The maximum absolute atomic E-state index is 12.2. The minimum atomic E-state index is -1.02. The molecule has 0 saturated carbocycles. The van der Waals surface area contributed by atoms with Gasteiger partial charge in [-0.3, -0.25) is 4.79 Å². The van der Waals surface area contributed by atoms with Crippen molar-refractivity contribution >= 4 is 17.7 Å². The second-order valence-corrected chi connectivity index (χ2v) is 4.65. The molecule has 8 heteroatoms. The number of pyridine rings is 1. The molecule has 23 heavy (non-hydrogen) atoms. The lowest BCUT2D eigenvalue weighted by Crippen LogP contribution is -2.30. The number of carbonyl (C=O) groups excluding carboxylic acids is 2. The summed E-state index contributed by atoms with van der Waals surface area (Å²) in [4.78, 5) is 28.1. The number of hydrogen-bond donors (Lipinski definition) is 1. The quantitative estimate of drug-likeness (QED) is 0.812. The highest BCUT2D eigenvalue weighted by atomic mass is 16.6. The van der Waals surface area contributed by atoms with Crippen LogP contribution in [0, 0.1) is 6.92 Å². The molecule has 2 heterocycles. The van der Waals surface area contributed by atoms with Gasteiger partial charge in [0.2, 0.25) is 5.88 Å². The lowest BCUT2D eigenvalue weighted by molar-refractivity contribution is -0.123. The van der Waals surface area contributed by atoms with E-state index in [1.54, 1.807) is 26.0 Å². The molecule has 0 radical (unpaired) electrons. The molecule has 0 fully saturated rings. The topological polar surface area (TPSA) is 104 Å². The third-order valence-electron chi connectivity index (χ3n) is 2.80. The van der Waals surface area contributed by atoms with Crippen LogP contribution in [0.2, 0.25) is 0 Å². The number of nitrogens with zero attached hydrogens (tertiary/aromatic N) is 2. The van der Waals surface area contributed by atoms with Gasteiger partial charge in [0.15, 0.2) is 11.9 Å². The third kappa shape index (κ3) is 4.29. The first kappa shape index (κ1) is 16.5. The molecule has 0 bridgehead atoms. The van der Waals surface area contributed by atoms with Gasteiger partial charge >= 0.3 is 5.97 Å². The Morgan fingerprint density at radius 3 is 2.87 bits per heavy atom. The first-order valence-corrected chi connectivity index (χ1v) is 7.04. The van der Waals surface area contributed by atoms with Crippen molar-refractivity contribution in [3.8, 4) is 5.88 Å². The average Bonchev–Trinajstić information content (AvgIpc) is 2.93. The lowest BCUT2D eigenvalue weighted by Gasteiger charge is -2.13. The molecule has 0 aliphatic rings. The highest BCUT2D eigenvalue weighted by Crippen LogP contribution is 2.16. The summed E-state index contributed by atoms with van der Waals surface area (Å²) < 4.78 is 15.2. The number of aromatic nitrogens is 2. The molecule has 0 aliphatic carbocycles. The van der Waals surface area contributed by atoms with Gasteiger partial charge in [-0.25, -0.2) is 9.78 Å². The molecule has 0 spiro atoms. The largest absolute Gasteiger partial charge is 0.477 e. The van der Waals surface area contributed by atoms with Gasteiger partial charge in [-0.05, 0) is 32.9 Å². The SMILES string of the molecule is CCOc1ncccc1C(=O)O[C@H](C)C(=O)Nc1cc(C)on1. The molecule has 2 aromatic rings. The number of amides is 1. The highest BCUT2D eigenvalue weighted by Gasteiger charge is 2.22. The van der Waals surface area contributed by atoms with Gasteiger partial charge in [-0.1, -0.05) is 5.16 Å². The number of aryl methyl sites for hydroxylation is 1. The van der Waals surface area contributed by atoms with E-state index in [4.69, 9.17) is 14.0 Å². The van der Waals surface area contributed by atoms with E-state index in [9.17, 15) is 9.59 Å². The van der Waals surface area contributed by atoms with Crippen molar-refractivity contribution in [2.75, 3.05) is 11.9 Å². The molecule has 122 valence electrons. The summed E-state index contributed by atoms with van der Waals surface area (Å²) in [5.41, 5.74) is 0.159. The lowest BCUT2D eigenvalue weighted by atomic mass is 10.2. The van der Waals surface area contributed by atoms with E-state index in [-0.39, 0.29) is 17.3 Å². The van der Waals surface area contributed by atoms with Crippen LogP contribution in [0.25, 0.3) is 0 Å². The minimum Gasteiger partial charge on any atom is -0.477 e. The second-order valence-electron chi connectivity index (χ2n) is 4.65. The van der Waals surface area contributed by atoms with E-state index in [2.05, 4.69) is 15.5 Å². The average molecular weight is 319 g/mol. The summed E-state index contributed by atoms with van der Waals surface area (Å²) in [6.07, 6.45) is 0.486. The van der Waals surface area contributed by atoms with Gasteiger partial charge in [0.1, 0.15) is 11.3 Å². The van der Waals surface area contributed by atoms with Crippen molar-refractivity contribution in [1.29, 1.82) is 0 Å². The number of rotatable bonds is 6. The minimum absolute atomic E-state index is 0.159. The Morgan fingerprint density at radius 1 is 1.43 bits per heavy atom. The van der Waals surface area contributed by atoms with Gasteiger partial charge in [0.25, 0.3) is 5.91 Å². The van der Waals surface area contributed by atoms with Crippen molar-refractivity contribution < 1.29 is 23.6 Å². The monoisotopic (exact) mass is 319 g/mol. The smallest absolute Gasteiger partial charge is 0.344 e. The molecule has 1 amide bonds. The predicted octanol–water partition coefficient (Wildman–Crippen LogP) is 1.96. The summed E-state index contributed by atoms with van der Waals surface area (Å²) in [5.74, 6) is -0.234. The van der Waals surface area contributed by atoms with Crippen molar-refractivity contribution in [3.63, 3.8) is 0 Å². The number of hydrogen-bond acceptors (Lipinski definition) is 7. The van der Waals surface area contributed by atoms with Crippen LogP contribution in [-0.4, -0.2) is 34.7 Å². The van der Waals surface area contributed by atoms with E-state index in [0.29, 0.717) is 12.4 Å². The van der Waals surface area contributed by atoms with E-state index >= 15 is 0 Å². The fourth-order valence-corrected chi connectivity index (χ4v) is 1.73. The van der Waals surface area contributed by atoms with Crippen LogP contribution in [0.15, 0.2) is 28.9 Å². The Morgan fingerprint density at radius 2 is 2.22 bits per heavy atom. The van der Waals surface area contributed by atoms with Crippen LogP contribution in [-0.2, 0) is 9.53 Å². The zero-order valence-corrected chi connectivity index (χ0v) is 13.0. The zero-order valence-electron chi connectivity index (χ0n) is 13.0. The first-order valence-electron chi connectivity index (χ1n) is 7.04. The number of nitrogens with one attached hydrogen (secondary N) is 1. The molecule has 0 unspecified atom stereocenters. The maximum atomic E-state index is 12.2. The van der Waals surface area contributed by atoms with Crippen molar-refractivity contribution in [3.05, 3.63) is 35.7 Å². The summed E-state index contributed by atoms with van der Waals surface area (Å²) in [5, 5.41) is 6.13. The second kappa shape index (κ2) is 7.39. The Bertz CT molecular complexity index is 698. The highest BCUT2D eigenvalue weighted by molar-refractivity contribution is 5.97. The molecule has 0 saturated heterocycles. The summed E-state index contributed by atoms with van der Waals surface area (Å²) in [6.45, 7) is 5.29. The van der Waals surface area contributed by atoms with Gasteiger partial charge in [-0.2, -0.15) is 0 Å². The van der Waals surface area contributed by atoms with Crippen LogP contribution in [0.1, 0.15) is 30.0 Å². The van der Waals surface area contributed by atoms with Crippen LogP contribution < -0.4 is 10.1 Å². The fourth-order valence-electron chi connectivity index (χ4n) is 1.73. The molecular formula is C15H17N3O5. The summed E-state index contributed by atoms with van der Waals surface area (Å²) in [6, 6.07) is 4.66. The first-order chi connectivity index (χ1) is 11.0. The maximum Gasteiger partial charge on any atom is 0.344 e. The summed E-state index contributed by atoms with van der Waals surface area (Å²) >= 11 is 0. The third-order valence-corrected chi connectivity index (χ3v) is 2.80. The van der Waals surface area contributed by atoms with Gasteiger partial charge in [-0.15, -0.1) is 0 Å². The van der Waals surface area contributed by atoms with Crippen LogP contribution >= 0.6 is 0 Å². The molecular weight excluding hydrogens is 302 g/mol. The van der Waals surface area contributed by atoms with E-state index in [0.717, 1.165) is 0 Å². The van der Waals surface area contributed by atoms with Crippen LogP contribution in [0.4, 0.5) is 5.82 Å². The number of esters is 1. The van der Waals surface area contributed by atoms with E-state index < -0.39 is 18.0 Å². The van der Waals surface area contributed by atoms with E-state index in [1.165, 1.54) is 19.2 Å². The fraction of sp³-hybridized carbons (Fsp3) is 0.333. The molecule has 0 aromatic carbocycles. The molecule has 2 aromatic heterocycles. The standard InChI is InChI=1S/C15H17N3O5/c1-4-21-14-11(6-5-7-16-14)15(20)22-10(3)13(19)17-12-8-9(2)23-18-12/h5-8,10H,4H2,1-3H3,(H,17,18,19)/t10-/m1/s1. The van der Waals surface area contributed by atoms with Crippen molar-refractivity contribution in [2.24, 2.45) is 0 Å². The molecule has 0 aliphatic heterocycles. The Kier molecular flexibility index (Phi) is 5.29. The van der Waals surface area contributed by atoms with Gasteiger partial charge in [0.05, 0.1) is 6.61 Å². The number of ether oxygens (including phenoxy) is 2. The van der Waals surface area contributed by atoms with Crippen molar-refractivity contribution in [1.82, 2.24) is 10.1 Å². The molecule has 1 atom stereocenters. The Hall–Kier alpha value is -2.90. The number of anilines is 1. The van der Waals surface area contributed by atoms with Gasteiger partial charge in [0, 0.05) is 12.3 Å². The predicted molar refractivity (Wildman–Crippen MR) is 80.2 cm³/mol.